The third-order valence-electron chi connectivity index (χ3n) is 6.63. The lowest BCUT2D eigenvalue weighted by atomic mass is 9.87. The van der Waals surface area contributed by atoms with Crippen LogP contribution in [0.1, 0.15) is 30.6 Å². The number of amides is 1. The Kier molecular flexibility index (Phi) is 9.14. The van der Waals surface area contributed by atoms with Crippen molar-refractivity contribution in [2.45, 2.75) is 25.8 Å². The molecular weight excluding hydrogens is 448 g/mol. The number of Topliss-reactive ketones (excluding diaryl/α,β-unsaturated/α-hetero) is 2. The lowest BCUT2D eigenvalue weighted by Crippen LogP contribution is -2.59. The molecule has 2 aromatic carbocycles. The molecule has 1 aliphatic rings. The van der Waals surface area contributed by atoms with Gasteiger partial charge in [-0.05, 0) is 42.3 Å². The summed E-state index contributed by atoms with van der Waals surface area (Å²) in [6.45, 7) is 7.08. The van der Waals surface area contributed by atoms with E-state index in [-0.39, 0.29) is 6.42 Å². The molecule has 2 aromatic rings. The van der Waals surface area contributed by atoms with E-state index in [2.05, 4.69) is 4.90 Å². The van der Waals surface area contributed by atoms with Crippen LogP contribution in [-0.2, 0) is 14.3 Å². The summed E-state index contributed by atoms with van der Waals surface area (Å²) in [5.41, 5.74) is 0.527. The number of likely N-dealkylation sites (N-methyl/N-ethyl adjacent to an activating group) is 1. The Bertz CT molecular complexity index is 997. The van der Waals surface area contributed by atoms with E-state index in [4.69, 9.17) is 9.47 Å². The van der Waals surface area contributed by atoms with Crippen molar-refractivity contribution in [1.29, 1.82) is 0 Å². The fourth-order valence-electron chi connectivity index (χ4n) is 4.09. The summed E-state index contributed by atoms with van der Waals surface area (Å²) in [7, 11) is 1.41. The van der Waals surface area contributed by atoms with Gasteiger partial charge in [0.2, 0.25) is 0 Å². The number of ketones is 2. The zero-order chi connectivity index (χ0) is 25.4. The van der Waals surface area contributed by atoms with E-state index in [1.807, 2.05) is 36.4 Å². The first-order valence-corrected chi connectivity index (χ1v) is 11.9. The lowest BCUT2D eigenvalue weighted by molar-refractivity contribution is -0.141. The maximum absolute atomic E-state index is 13.1. The molecule has 0 saturated carbocycles. The molecule has 8 nitrogen and oxygen atoms in total. The van der Waals surface area contributed by atoms with Crippen LogP contribution in [0.15, 0.2) is 48.5 Å². The van der Waals surface area contributed by atoms with E-state index in [9.17, 15) is 19.5 Å². The van der Waals surface area contributed by atoms with Gasteiger partial charge in [-0.2, -0.15) is 0 Å². The van der Waals surface area contributed by atoms with E-state index in [0.29, 0.717) is 12.2 Å². The highest BCUT2D eigenvalue weighted by atomic mass is 16.5. The summed E-state index contributed by atoms with van der Waals surface area (Å²) < 4.78 is 11.2. The first-order chi connectivity index (χ1) is 16.8. The van der Waals surface area contributed by atoms with Crippen LogP contribution in [0.4, 0.5) is 0 Å². The van der Waals surface area contributed by atoms with Crippen molar-refractivity contribution < 1.29 is 29.0 Å². The van der Waals surface area contributed by atoms with E-state index >= 15 is 0 Å². The maximum atomic E-state index is 13.1. The number of ether oxygens (including phenoxy) is 2. The van der Waals surface area contributed by atoms with Crippen molar-refractivity contribution in [3.63, 3.8) is 0 Å². The molecule has 0 radical (unpaired) electrons. The average molecular weight is 483 g/mol. The fourth-order valence-corrected chi connectivity index (χ4v) is 4.09. The highest BCUT2D eigenvalue weighted by molar-refractivity contribution is 6.15. The average Bonchev–Trinajstić information content (AvgIpc) is 2.91. The Morgan fingerprint density at radius 3 is 2.11 bits per heavy atom. The van der Waals surface area contributed by atoms with E-state index < -0.39 is 29.6 Å². The second kappa shape index (κ2) is 12.1. The molecule has 188 valence electrons. The van der Waals surface area contributed by atoms with Gasteiger partial charge in [0, 0.05) is 38.7 Å². The predicted molar refractivity (Wildman–Crippen MR) is 133 cm³/mol. The monoisotopic (exact) mass is 482 g/mol. The van der Waals surface area contributed by atoms with Crippen LogP contribution in [-0.4, -0.2) is 91.0 Å². The lowest BCUT2D eigenvalue weighted by Gasteiger charge is -2.35. The maximum Gasteiger partial charge on any atom is 0.254 e. The molecule has 3 rings (SSSR count). The molecule has 0 unspecified atom stereocenters. The van der Waals surface area contributed by atoms with Crippen LogP contribution in [0.25, 0.3) is 11.1 Å². The number of aliphatic hydroxyl groups excluding tert-OH is 1. The summed E-state index contributed by atoms with van der Waals surface area (Å²) >= 11 is 0. The zero-order valence-electron chi connectivity index (χ0n) is 20.7. The van der Waals surface area contributed by atoms with Crippen molar-refractivity contribution in [2.24, 2.45) is 0 Å². The Labute approximate surface area is 206 Å². The Morgan fingerprint density at radius 1 is 1.00 bits per heavy atom. The van der Waals surface area contributed by atoms with Gasteiger partial charge in [0.25, 0.3) is 5.91 Å². The topological polar surface area (TPSA) is 96.4 Å². The molecule has 35 heavy (non-hydrogen) atoms. The molecule has 1 atom stereocenters. The molecular formula is C27H34N2O6. The van der Waals surface area contributed by atoms with Crippen molar-refractivity contribution in [2.75, 3.05) is 53.1 Å². The molecule has 1 saturated heterocycles. The highest BCUT2D eigenvalue weighted by Crippen LogP contribution is 2.25. The van der Waals surface area contributed by atoms with Crippen LogP contribution >= 0.6 is 0 Å². The van der Waals surface area contributed by atoms with Gasteiger partial charge in [-0.25, -0.2) is 0 Å². The summed E-state index contributed by atoms with van der Waals surface area (Å²) in [6.07, 6.45) is 0.0751. The fraction of sp³-hybridized carbons (Fsp3) is 0.444. The number of hydrogen-bond acceptors (Lipinski definition) is 7. The van der Waals surface area contributed by atoms with Gasteiger partial charge >= 0.3 is 0 Å². The standard InChI is InChI=1S/C27H34N2O6/c1-4-24(31)27(2,25(32)19-30)28(3)26(33)22-7-5-20(6-8-22)21-9-11-23(12-10-21)35-18-15-29-13-16-34-17-14-29/h5-12,30H,4,13-19H2,1-3H3/t27-/m0/s1. The molecule has 1 heterocycles. The molecule has 1 amide bonds. The highest BCUT2D eigenvalue weighted by Gasteiger charge is 2.45. The molecule has 0 aromatic heterocycles. The first-order valence-electron chi connectivity index (χ1n) is 11.9. The van der Waals surface area contributed by atoms with Gasteiger partial charge in [-0.15, -0.1) is 0 Å². The Balaban J connectivity index is 1.64. The molecule has 8 heteroatoms. The first kappa shape index (κ1) is 26.5. The zero-order valence-corrected chi connectivity index (χ0v) is 20.7. The number of carbonyl (C=O) groups is 3. The molecule has 1 N–H and O–H groups in total. The number of aliphatic hydroxyl groups is 1. The largest absolute Gasteiger partial charge is 0.492 e. The minimum absolute atomic E-state index is 0.0751. The number of morpholine rings is 1. The van der Waals surface area contributed by atoms with Gasteiger partial charge in [0.1, 0.15) is 19.0 Å². The molecule has 1 aliphatic heterocycles. The number of rotatable bonds is 11. The van der Waals surface area contributed by atoms with Gasteiger partial charge in [-0.1, -0.05) is 31.2 Å². The molecule has 0 spiro atoms. The number of benzene rings is 2. The number of carbonyl (C=O) groups excluding carboxylic acids is 3. The summed E-state index contributed by atoms with van der Waals surface area (Å²) in [4.78, 5) is 41.3. The summed E-state index contributed by atoms with van der Waals surface area (Å²) in [5.74, 6) is -0.795. The van der Waals surface area contributed by atoms with E-state index in [0.717, 1.165) is 54.6 Å². The number of nitrogens with zero attached hydrogens (tertiary/aromatic N) is 2. The Hall–Kier alpha value is -3.07. The molecule has 1 fully saturated rings. The number of hydrogen-bond donors (Lipinski definition) is 1. The van der Waals surface area contributed by atoms with Gasteiger partial charge in [0.05, 0.1) is 13.2 Å². The second-order valence-corrected chi connectivity index (χ2v) is 8.70. The van der Waals surface area contributed by atoms with Crippen molar-refractivity contribution >= 4 is 17.5 Å². The SMILES string of the molecule is CCC(=O)[C@@](C)(C(=O)CO)N(C)C(=O)c1ccc(-c2ccc(OCCN3CCOCC3)cc2)cc1. The third kappa shape index (κ3) is 6.14. The predicted octanol–water partition coefficient (Wildman–Crippen LogP) is 2.44. The Morgan fingerprint density at radius 2 is 1.57 bits per heavy atom. The van der Waals surface area contributed by atoms with Gasteiger partial charge in [0.15, 0.2) is 17.1 Å². The van der Waals surface area contributed by atoms with E-state index in [1.165, 1.54) is 14.0 Å². The summed E-state index contributed by atoms with van der Waals surface area (Å²) in [6, 6.07) is 14.7. The minimum Gasteiger partial charge on any atom is -0.492 e. The van der Waals surface area contributed by atoms with Crippen LogP contribution in [0.3, 0.4) is 0 Å². The molecule has 0 bridgehead atoms. The molecule has 0 aliphatic carbocycles. The quantitative estimate of drug-likeness (QED) is 0.492. The summed E-state index contributed by atoms with van der Waals surface area (Å²) in [5, 5.41) is 9.35. The van der Waals surface area contributed by atoms with Crippen LogP contribution in [0.2, 0.25) is 0 Å². The van der Waals surface area contributed by atoms with Crippen molar-refractivity contribution in [1.82, 2.24) is 9.80 Å². The smallest absolute Gasteiger partial charge is 0.254 e. The van der Waals surface area contributed by atoms with Crippen LogP contribution < -0.4 is 4.74 Å². The van der Waals surface area contributed by atoms with E-state index in [1.54, 1.807) is 19.1 Å². The van der Waals surface area contributed by atoms with Gasteiger partial charge < -0.3 is 19.5 Å². The second-order valence-electron chi connectivity index (χ2n) is 8.70. The van der Waals surface area contributed by atoms with Crippen LogP contribution in [0, 0.1) is 0 Å². The minimum atomic E-state index is -1.71. The van der Waals surface area contributed by atoms with Crippen LogP contribution in [0.5, 0.6) is 5.75 Å². The third-order valence-corrected chi connectivity index (χ3v) is 6.63. The normalized spacial score (nSPS) is 15.8. The van der Waals surface area contributed by atoms with Gasteiger partial charge in [-0.3, -0.25) is 19.3 Å². The van der Waals surface area contributed by atoms with Crippen molar-refractivity contribution in [3.8, 4) is 16.9 Å². The van der Waals surface area contributed by atoms with Crippen molar-refractivity contribution in [3.05, 3.63) is 54.1 Å².